The number of nitrogens with zero attached hydrogens (tertiary/aromatic N) is 1. The number of esters is 1. The summed E-state index contributed by atoms with van der Waals surface area (Å²) in [5.74, 6) is -0.524. The van der Waals surface area contributed by atoms with Gasteiger partial charge in [-0.2, -0.15) is 13.5 Å². The van der Waals surface area contributed by atoms with Gasteiger partial charge in [0.1, 0.15) is 24.5 Å². The minimum Gasteiger partial charge on any atom is -1.00 e. The molecule has 1 aromatic carbocycles. The van der Waals surface area contributed by atoms with Crippen molar-refractivity contribution in [3.63, 3.8) is 0 Å². The topological polar surface area (TPSA) is 46.5 Å². The number of rotatable bonds is 4. The van der Waals surface area contributed by atoms with E-state index < -0.39 is 5.97 Å². The fourth-order valence-corrected chi connectivity index (χ4v) is 1.14. The van der Waals surface area contributed by atoms with Gasteiger partial charge >= 0.3 is 57.4 Å². The first-order valence-corrected chi connectivity index (χ1v) is 5.16. The zero-order chi connectivity index (χ0) is 12.2. The number of phenolic OH excluding ortho intramolecular Hbond substituents is 1. The van der Waals surface area contributed by atoms with Crippen molar-refractivity contribution >= 4 is 19.5 Å². The maximum Gasteiger partial charge on any atom is 1.00 e. The molecule has 1 rings (SSSR count). The second-order valence-corrected chi connectivity index (χ2v) is 4.67. The number of hydrogen-bond donors (Lipinski definition) is 1. The fraction of sp³-hybridized carbons (Fsp3) is 0.417. The van der Waals surface area contributed by atoms with Crippen LogP contribution < -0.4 is 51.4 Å². The zero-order valence-corrected chi connectivity index (χ0v) is 15.6. The Morgan fingerprint density at radius 2 is 1.89 bits per heavy atom. The molecule has 0 atom stereocenters. The summed E-state index contributed by atoms with van der Waals surface area (Å²) in [6, 6.07) is 6.37. The van der Waals surface area contributed by atoms with E-state index in [4.69, 9.17) is 4.74 Å². The van der Waals surface area contributed by atoms with E-state index in [-0.39, 0.29) is 77.6 Å². The van der Waals surface area contributed by atoms with Gasteiger partial charge < -0.3 is 15.8 Å². The van der Waals surface area contributed by atoms with Crippen molar-refractivity contribution in [3.8, 4) is 5.75 Å². The number of aromatic hydroxyl groups is 1. The van der Waals surface area contributed by atoms with Crippen molar-refractivity contribution in [2.24, 2.45) is 0 Å². The quantitative estimate of drug-likeness (QED) is 0.417. The second kappa shape index (κ2) is 9.36. The van der Waals surface area contributed by atoms with Crippen LogP contribution in [0.15, 0.2) is 24.3 Å². The molecule has 6 heteroatoms. The molecule has 0 bridgehead atoms. The van der Waals surface area contributed by atoms with Crippen LogP contribution in [0.4, 0.5) is 0 Å². The van der Waals surface area contributed by atoms with Crippen LogP contribution in [0.1, 0.15) is 11.8 Å². The summed E-state index contributed by atoms with van der Waals surface area (Å²) in [7, 11) is 6.06. The van der Waals surface area contributed by atoms with Crippen LogP contribution in [0, 0.1) is 0 Å². The molecular weight excluding hydrogens is 277 g/mol. The Morgan fingerprint density at radius 3 is 2.39 bits per heavy atom. The number of hydrogen-bond acceptors (Lipinski definition) is 3. The van der Waals surface area contributed by atoms with Gasteiger partial charge in [0.25, 0.3) is 0 Å². The molecule has 1 N–H and O–H groups in total. The van der Waals surface area contributed by atoms with E-state index in [0.717, 1.165) is 11.0 Å². The van der Waals surface area contributed by atoms with Gasteiger partial charge in [-0.1, -0.05) is 12.1 Å². The smallest absolute Gasteiger partial charge is 1.00 e. The molecule has 0 heterocycles. The van der Waals surface area contributed by atoms with Crippen molar-refractivity contribution in [1.82, 2.24) is 0 Å². The van der Waals surface area contributed by atoms with Gasteiger partial charge in [-0.05, 0) is 12.1 Å². The number of phenols is 1. The van der Waals surface area contributed by atoms with Crippen molar-refractivity contribution in [2.45, 2.75) is 0 Å². The van der Waals surface area contributed by atoms with E-state index >= 15 is 0 Å². The first-order chi connectivity index (χ1) is 7.40. The number of ether oxygens (including phenoxy) is 1. The minimum atomic E-state index is -0.480. The molecule has 0 aromatic heterocycles. The van der Waals surface area contributed by atoms with E-state index in [0.29, 0.717) is 6.61 Å². The predicted molar refractivity (Wildman–Crippen MR) is 72.8 cm³/mol. The normalized spacial score (nSPS) is 9.94. The summed E-state index contributed by atoms with van der Waals surface area (Å²) >= 11 is 0. The molecule has 0 saturated heterocycles. The number of para-hydroxylation sites is 1. The maximum atomic E-state index is 11.6. The molecule has 4 nitrogen and oxygen atoms in total. The van der Waals surface area contributed by atoms with Gasteiger partial charge in [0.15, 0.2) is 0 Å². The van der Waals surface area contributed by atoms with Crippen molar-refractivity contribution in [3.05, 3.63) is 29.8 Å². The van der Waals surface area contributed by atoms with Crippen LogP contribution in [0.25, 0.3) is 0 Å². The molecule has 0 radical (unpaired) electrons. The van der Waals surface area contributed by atoms with Gasteiger partial charge in [0, 0.05) is 0 Å². The Bertz CT molecular complexity index is 385. The maximum absolute atomic E-state index is 11.6. The van der Waals surface area contributed by atoms with E-state index in [1.165, 1.54) is 6.07 Å². The molecular formula is C12H21KNO3S+. The van der Waals surface area contributed by atoms with Gasteiger partial charge in [0.2, 0.25) is 0 Å². The summed E-state index contributed by atoms with van der Waals surface area (Å²) in [5.41, 5.74) is 0.212. The third kappa shape index (κ3) is 7.78. The molecule has 1 aromatic rings. The van der Waals surface area contributed by atoms with Crippen molar-refractivity contribution < 1.29 is 71.9 Å². The number of carbonyl (C=O) groups is 1. The third-order valence-corrected chi connectivity index (χ3v) is 2.12. The molecule has 18 heavy (non-hydrogen) atoms. The van der Waals surface area contributed by atoms with Gasteiger partial charge in [-0.25, -0.2) is 4.79 Å². The second-order valence-electron chi connectivity index (χ2n) is 4.67. The molecule has 0 unspecified atom stereocenters. The zero-order valence-electron chi connectivity index (χ0n) is 12.4. The molecule has 98 valence electrons. The van der Waals surface area contributed by atoms with E-state index in [2.05, 4.69) is 0 Å². The first kappa shape index (κ1) is 20.7. The van der Waals surface area contributed by atoms with Gasteiger partial charge in [-0.15, -0.1) is 0 Å². The van der Waals surface area contributed by atoms with Gasteiger partial charge in [0.05, 0.1) is 21.1 Å². The standard InChI is InChI=1S/C12H17NO3.K.H2S.H/c1-13(2,3)8-9-16-12(15)10-6-4-5-7-11(10)14;;;/h4-7H,8-9H2,1-3H3;;1H2;/q;+1;;-1/p+1. The van der Waals surface area contributed by atoms with Gasteiger partial charge in [-0.3, -0.25) is 0 Å². The number of quaternary nitrogens is 1. The average molecular weight is 298 g/mol. The monoisotopic (exact) mass is 298 g/mol. The number of carbonyl (C=O) groups excluding carboxylic acids is 1. The SMILES string of the molecule is C[N+](C)(C)CCOC(=O)c1ccccc1O.S.[H-].[K+]. The minimum absolute atomic E-state index is 0. The van der Waals surface area contributed by atoms with Crippen LogP contribution in [0.5, 0.6) is 5.75 Å². The van der Waals surface area contributed by atoms with E-state index in [1.54, 1.807) is 18.2 Å². The Balaban J connectivity index is -0.000000853. The summed E-state index contributed by atoms with van der Waals surface area (Å²) < 4.78 is 5.80. The Kier molecular flexibility index (Phi) is 10.8. The molecule has 0 amide bonds. The Labute approximate surface area is 159 Å². The van der Waals surface area contributed by atoms with Crippen LogP contribution in [-0.4, -0.2) is 49.9 Å². The summed E-state index contributed by atoms with van der Waals surface area (Å²) in [6.07, 6.45) is 0. The summed E-state index contributed by atoms with van der Waals surface area (Å²) in [6.45, 7) is 1.08. The largest absolute Gasteiger partial charge is 1.00 e. The van der Waals surface area contributed by atoms with E-state index in [1.807, 2.05) is 21.1 Å². The molecule has 0 spiro atoms. The Morgan fingerprint density at radius 1 is 1.33 bits per heavy atom. The number of likely N-dealkylation sites (N-methyl/N-ethyl adjacent to an activating group) is 1. The predicted octanol–water partition coefficient (Wildman–Crippen LogP) is -1.52. The van der Waals surface area contributed by atoms with Crippen LogP contribution in [-0.2, 0) is 4.74 Å². The number of benzene rings is 1. The molecule has 0 aliphatic rings. The van der Waals surface area contributed by atoms with E-state index in [9.17, 15) is 9.90 Å². The van der Waals surface area contributed by atoms with Crippen LogP contribution in [0.2, 0.25) is 0 Å². The Hall–Kier alpha value is 0.436. The first-order valence-electron chi connectivity index (χ1n) is 5.16. The molecule has 0 fully saturated rings. The molecule has 0 aliphatic heterocycles. The summed E-state index contributed by atoms with van der Waals surface area (Å²) in [5, 5.41) is 9.44. The summed E-state index contributed by atoms with van der Waals surface area (Å²) in [4.78, 5) is 11.6. The van der Waals surface area contributed by atoms with Crippen molar-refractivity contribution in [2.75, 3.05) is 34.3 Å². The van der Waals surface area contributed by atoms with Crippen molar-refractivity contribution in [1.29, 1.82) is 0 Å². The molecule has 0 aliphatic carbocycles. The third-order valence-electron chi connectivity index (χ3n) is 2.12. The molecule has 0 saturated carbocycles. The van der Waals surface area contributed by atoms with Crippen LogP contribution >= 0.6 is 13.5 Å². The fourth-order valence-electron chi connectivity index (χ4n) is 1.14. The average Bonchev–Trinajstić information content (AvgIpc) is 2.16. The van der Waals surface area contributed by atoms with Crippen LogP contribution in [0.3, 0.4) is 0 Å².